The highest BCUT2D eigenvalue weighted by Crippen LogP contribution is 2.23. The van der Waals surface area contributed by atoms with E-state index >= 15 is 0 Å². The lowest BCUT2D eigenvalue weighted by atomic mass is 9.99. The van der Waals surface area contributed by atoms with E-state index in [1.165, 1.54) is 11.1 Å². The molecule has 2 aliphatic heterocycles. The Kier molecular flexibility index (Phi) is 6.87. The minimum Gasteiger partial charge on any atom is -0.392 e. The molecular formula is C25H31N5O2. The number of hydrogen-bond donors (Lipinski definition) is 3. The molecule has 3 heterocycles. The normalized spacial score (nSPS) is 17.4. The summed E-state index contributed by atoms with van der Waals surface area (Å²) in [6.45, 7) is 7.01. The second kappa shape index (κ2) is 9.97. The van der Waals surface area contributed by atoms with E-state index in [2.05, 4.69) is 51.4 Å². The number of allylic oxidation sites excluding steroid dienone is 1. The van der Waals surface area contributed by atoms with Gasteiger partial charge in [0.05, 0.1) is 34.9 Å². The third-order valence-electron chi connectivity index (χ3n) is 6.02. The average molecular weight is 434 g/mol. The van der Waals surface area contributed by atoms with Gasteiger partial charge in [0.2, 0.25) is 0 Å². The van der Waals surface area contributed by atoms with Crippen molar-refractivity contribution in [2.45, 2.75) is 25.5 Å². The topological polar surface area (TPSA) is 80.7 Å². The van der Waals surface area contributed by atoms with Crippen LogP contribution in [0.3, 0.4) is 0 Å². The Bertz CT molecular complexity index is 1020. The molecule has 0 spiro atoms. The molecule has 1 amide bonds. The van der Waals surface area contributed by atoms with Gasteiger partial charge in [0.1, 0.15) is 0 Å². The first-order chi connectivity index (χ1) is 15.6. The fraction of sp³-hybridized carbons (Fsp3) is 0.360. The lowest BCUT2D eigenvalue weighted by Crippen LogP contribution is -2.46. The maximum atomic E-state index is 13.1. The van der Waals surface area contributed by atoms with Gasteiger partial charge in [-0.25, -0.2) is 0 Å². The molecule has 1 aromatic heterocycles. The minimum absolute atomic E-state index is 0.0804. The van der Waals surface area contributed by atoms with Gasteiger partial charge < -0.3 is 20.6 Å². The number of nitrogens with one attached hydrogen (secondary N) is 2. The molecule has 7 nitrogen and oxygen atoms in total. The quantitative estimate of drug-likeness (QED) is 0.554. The van der Waals surface area contributed by atoms with Gasteiger partial charge in [-0.15, -0.1) is 0 Å². The largest absolute Gasteiger partial charge is 0.392 e. The van der Waals surface area contributed by atoms with Gasteiger partial charge in [-0.3, -0.25) is 14.7 Å². The molecule has 3 N–H and O–H groups in total. The summed E-state index contributed by atoms with van der Waals surface area (Å²) in [5.74, 6) is -0.0804. The van der Waals surface area contributed by atoms with E-state index < -0.39 is 6.10 Å². The van der Waals surface area contributed by atoms with Gasteiger partial charge in [0, 0.05) is 52.4 Å². The first-order valence-corrected chi connectivity index (χ1v) is 11.1. The van der Waals surface area contributed by atoms with Crippen LogP contribution in [0.25, 0.3) is 0 Å². The number of anilines is 1. The van der Waals surface area contributed by atoms with Crippen LogP contribution in [-0.2, 0) is 19.4 Å². The molecule has 1 unspecified atom stereocenters. The van der Waals surface area contributed by atoms with Gasteiger partial charge in [-0.1, -0.05) is 30.8 Å². The lowest BCUT2D eigenvalue weighted by molar-refractivity contribution is 0.0491. The Hall–Kier alpha value is -3.16. The zero-order valence-electron chi connectivity index (χ0n) is 18.6. The summed E-state index contributed by atoms with van der Waals surface area (Å²) < 4.78 is 0. The number of benzene rings is 1. The van der Waals surface area contributed by atoms with Crippen LogP contribution < -0.4 is 10.6 Å². The Morgan fingerprint density at radius 1 is 1.25 bits per heavy atom. The molecule has 2 aliphatic rings. The highest BCUT2D eigenvalue weighted by Gasteiger charge is 2.28. The predicted octanol–water partition coefficient (Wildman–Crippen LogP) is 2.16. The van der Waals surface area contributed by atoms with Gasteiger partial charge in [-0.2, -0.15) is 0 Å². The summed E-state index contributed by atoms with van der Waals surface area (Å²) in [6.07, 6.45) is 6.31. The smallest absolute Gasteiger partial charge is 0.255 e. The molecule has 1 aromatic carbocycles. The Morgan fingerprint density at radius 3 is 2.84 bits per heavy atom. The molecule has 0 saturated carbocycles. The van der Waals surface area contributed by atoms with Gasteiger partial charge >= 0.3 is 0 Å². The van der Waals surface area contributed by atoms with Crippen LogP contribution in [0.4, 0.5) is 5.69 Å². The van der Waals surface area contributed by atoms with Gasteiger partial charge in [-0.05, 0) is 29.7 Å². The van der Waals surface area contributed by atoms with Crippen molar-refractivity contribution < 1.29 is 9.90 Å². The Labute approximate surface area is 189 Å². The van der Waals surface area contributed by atoms with E-state index in [0.29, 0.717) is 31.6 Å². The van der Waals surface area contributed by atoms with Crippen molar-refractivity contribution in [3.8, 4) is 0 Å². The van der Waals surface area contributed by atoms with Crippen molar-refractivity contribution in [2.75, 3.05) is 38.5 Å². The van der Waals surface area contributed by atoms with Gasteiger partial charge in [0.15, 0.2) is 0 Å². The maximum absolute atomic E-state index is 13.1. The third kappa shape index (κ3) is 5.00. The summed E-state index contributed by atoms with van der Waals surface area (Å²) in [4.78, 5) is 21.6. The first kappa shape index (κ1) is 22.0. The second-order valence-corrected chi connectivity index (χ2v) is 8.34. The standard InChI is InChI=1S/C25H31N5O2/c1-3-20(13-26-2)28-21-12-23-24(27-14-21)9-11-30(25(23)32)17-22(31)16-29-10-8-18-6-4-5-7-19(18)15-29/h3-7,12-14,22,26,28,31H,1,8-11,15-17H2,2H3/b20-13+. The van der Waals surface area contributed by atoms with Crippen molar-refractivity contribution >= 4 is 11.6 Å². The van der Waals surface area contributed by atoms with Crippen LogP contribution in [0, 0.1) is 0 Å². The molecule has 4 rings (SSSR count). The highest BCUT2D eigenvalue weighted by atomic mass is 16.3. The van der Waals surface area contributed by atoms with Gasteiger partial charge in [0.25, 0.3) is 5.91 Å². The number of rotatable bonds is 8. The number of nitrogens with zero attached hydrogens (tertiary/aromatic N) is 3. The van der Waals surface area contributed by atoms with Crippen LogP contribution in [-0.4, -0.2) is 65.1 Å². The number of carbonyl (C=O) groups excluding carboxylic acids is 1. The zero-order valence-corrected chi connectivity index (χ0v) is 18.6. The molecule has 7 heteroatoms. The molecule has 0 fully saturated rings. The van der Waals surface area contributed by atoms with Crippen LogP contribution in [0.15, 0.2) is 61.1 Å². The predicted molar refractivity (Wildman–Crippen MR) is 126 cm³/mol. The minimum atomic E-state index is -0.592. The first-order valence-electron chi connectivity index (χ1n) is 11.1. The number of β-amino-alcohol motifs (C(OH)–C–C–N with tert-alkyl or cyclic N) is 1. The average Bonchev–Trinajstić information content (AvgIpc) is 2.81. The number of carbonyl (C=O) groups is 1. The number of fused-ring (bicyclic) bond motifs is 2. The Morgan fingerprint density at radius 2 is 2.06 bits per heavy atom. The monoisotopic (exact) mass is 433 g/mol. The molecule has 0 aliphatic carbocycles. The summed E-state index contributed by atoms with van der Waals surface area (Å²) in [6, 6.07) is 10.3. The fourth-order valence-corrected chi connectivity index (χ4v) is 4.42. The maximum Gasteiger partial charge on any atom is 0.255 e. The SMILES string of the molecule is C=C/C(=C\NC)Nc1cnc2c(c1)C(=O)N(CC(O)CN1CCc3ccccc3C1)CC2. The number of amides is 1. The zero-order chi connectivity index (χ0) is 22.5. The summed E-state index contributed by atoms with van der Waals surface area (Å²) in [5.41, 5.74) is 5.62. The lowest BCUT2D eigenvalue weighted by Gasteiger charge is -2.33. The molecule has 168 valence electrons. The molecule has 32 heavy (non-hydrogen) atoms. The van der Waals surface area contributed by atoms with E-state index in [1.807, 2.05) is 13.1 Å². The summed E-state index contributed by atoms with van der Waals surface area (Å²) >= 11 is 0. The molecule has 0 bridgehead atoms. The highest BCUT2D eigenvalue weighted by molar-refractivity contribution is 5.97. The molecule has 2 aromatic rings. The number of pyridine rings is 1. The van der Waals surface area contributed by atoms with Crippen molar-refractivity contribution in [3.63, 3.8) is 0 Å². The van der Waals surface area contributed by atoms with Crippen molar-refractivity contribution in [1.29, 1.82) is 0 Å². The Balaban J connectivity index is 1.38. The van der Waals surface area contributed by atoms with Crippen LogP contribution >= 0.6 is 0 Å². The van der Waals surface area contributed by atoms with E-state index in [0.717, 1.165) is 36.6 Å². The van der Waals surface area contributed by atoms with E-state index in [1.54, 1.807) is 23.4 Å². The summed E-state index contributed by atoms with van der Waals surface area (Å²) in [5, 5.41) is 16.9. The van der Waals surface area contributed by atoms with E-state index in [-0.39, 0.29) is 5.91 Å². The molecule has 0 saturated heterocycles. The number of aromatic nitrogens is 1. The van der Waals surface area contributed by atoms with Crippen LogP contribution in [0.2, 0.25) is 0 Å². The summed E-state index contributed by atoms with van der Waals surface area (Å²) in [7, 11) is 1.81. The fourth-order valence-electron chi connectivity index (χ4n) is 4.42. The van der Waals surface area contributed by atoms with E-state index in [4.69, 9.17) is 0 Å². The molecule has 0 radical (unpaired) electrons. The van der Waals surface area contributed by atoms with E-state index in [9.17, 15) is 9.90 Å². The van der Waals surface area contributed by atoms with Crippen LogP contribution in [0.5, 0.6) is 0 Å². The number of hydrogen-bond acceptors (Lipinski definition) is 6. The van der Waals surface area contributed by atoms with Crippen molar-refractivity contribution in [1.82, 2.24) is 20.1 Å². The second-order valence-electron chi connectivity index (χ2n) is 8.34. The number of aliphatic hydroxyl groups is 1. The van der Waals surface area contributed by atoms with Crippen molar-refractivity contribution in [3.05, 3.63) is 83.5 Å². The molecule has 1 atom stereocenters. The third-order valence-corrected chi connectivity index (χ3v) is 6.02. The molecular weight excluding hydrogens is 402 g/mol. The van der Waals surface area contributed by atoms with Crippen molar-refractivity contribution in [2.24, 2.45) is 0 Å². The van der Waals surface area contributed by atoms with Crippen LogP contribution in [0.1, 0.15) is 27.2 Å². The number of aliphatic hydroxyl groups excluding tert-OH is 1.